The van der Waals surface area contributed by atoms with Gasteiger partial charge in [0.2, 0.25) is 0 Å². The summed E-state index contributed by atoms with van der Waals surface area (Å²) >= 11 is 0. The number of rotatable bonds is 6. The highest BCUT2D eigenvalue weighted by Crippen LogP contribution is 2.11. The summed E-state index contributed by atoms with van der Waals surface area (Å²) in [4.78, 5) is 2.45. The van der Waals surface area contributed by atoms with Crippen molar-refractivity contribution in [3.8, 4) is 0 Å². The van der Waals surface area contributed by atoms with Gasteiger partial charge in [-0.15, -0.1) is 0 Å². The lowest BCUT2D eigenvalue weighted by molar-refractivity contribution is 0.0820. The average Bonchev–Trinajstić information content (AvgIpc) is 2.83. The second-order valence-electron chi connectivity index (χ2n) is 5.55. The third-order valence-corrected chi connectivity index (χ3v) is 3.88. The first-order valence-corrected chi connectivity index (χ1v) is 7.27. The number of hydrogen-bond donors (Lipinski definition) is 2. The SMILES string of the molecule is CC(NCCCN1CCC(O)CC1)c1cnn(C)c1. The van der Waals surface area contributed by atoms with E-state index in [2.05, 4.69) is 28.4 Å². The summed E-state index contributed by atoms with van der Waals surface area (Å²) in [5.41, 5.74) is 1.24. The van der Waals surface area contributed by atoms with Gasteiger partial charge in [0.25, 0.3) is 0 Å². The summed E-state index contributed by atoms with van der Waals surface area (Å²) in [6, 6.07) is 0.358. The fourth-order valence-electron chi connectivity index (χ4n) is 2.55. The molecule has 19 heavy (non-hydrogen) atoms. The minimum atomic E-state index is -0.0695. The number of aliphatic hydroxyl groups excluding tert-OH is 1. The van der Waals surface area contributed by atoms with Crippen molar-refractivity contribution in [3.63, 3.8) is 0 Å². The topological polar surface area (TPSA) is 53.3 Å². The molecule has 0 bridgehead atoms. The highest BCUT2D eigenvalue weighted by atomic mass is 16.3. The maximum Gasteiger partial charge on any atom is 0.0564 e. The van der Waals surface area contributed by atoms with Gasteiger partial charge in [-0.1, -0.05) is 0 Å². The van der Waals surface area contributed by atoms with Gasteiger partial charge < -0.3 is 15.3 Å². The van der Waals surface area contributed by atoms with Crippen LogP contribution in [0.2, 0.25) is 0 Å². The summed E-state index contributed by atoms with van der Waals surface area (Å²) < 4.78 is 1.84. The molecule has 1 saturated heterocycles. The van der Waals surface area contributed by atoms with E-state index in [0.29, 0.717) is 6.04 Å². The van der Waals surface area contributed by atoms with Crippen molar-refractivity contribution in [2.45, 2.75) is 38.3 Å². The number of piperidine rings is 1. The number of aryl methyl sites for hydroxylation is 1. The third kappa shape index (κ3) is 4.60. The van der Waals surface area contributed by atoms with Gasteiger partial charge in [0.1, 0.15) is 0 Å². The summed E-state index contributed by atoms with van der Waals surface area (Å²) in [6.45, 7) is 6.40. The van der Waals surface area contributed by atoms with Crippen molar-refractivity contribution in [1.82, 2.24) is 20.0 Å². The predicted molar refractivity (Wildman–Crippen MR) is 75.9 cm³/mol. The van der Waals surface area contributed by atoms with E-state index in [1.807, 2.05) is 17.9 Å². The van der Waals surface area contributed by atoms with Crippen molar-refractivity contribution < 1.29 is 5.11 Å². The number of nitrogens with zero attached hydrogens (tertiary/aromatic N) is 3. The van der Waals surface area contributed by atoms with Crippen LogP contribution in [0.25, 0.3) is 0 Å². The standard InChI is InChI=1S/C14H26N4O/c1-12(13-10-16-17(2)11-13)15-6-3-7-18-8-4-14(19)5-9-18/h10-12,14-15,19H,3-9H2,1-2H3. The molecule has 1 atom stereocenters. The van der Waals surface area contributed by atoms with Gasteiger partial charge >= 0.3 is 0 Å². The first-order chi connectivity index (χ1) is 9.15. The van der Waals surface area contributed by atoms with E-state index in [1.54, 1.807) is 0 Å². The summed E-state index contributed by atoms with van der Waals surface area (Å²) in [6.07, 6.45) is 6.92. The fourth-order valence-corrected chi connectivity index (χ4v) is 2.55. The molecule has 2 rings (SSSR count). The normalized spacial score (nSPS) is 19.7. The number of likely N-dealkylation sites (tertiary alicyclic amines) is 1. The van der Waals surface area contributed by atoms with E-state index >= 15 is 0 Å². The van der Waals surface area contributed by atoms with E-state index in [9.17, 15) is 5.11 Å². The molecular formula is C14H26N4O. The average molecular weight is 266 g/mol. The van der Waals surface area contributed by atoms with Gasteiger partial charge in [-0.2, -0.15) is 5.10 Å². The zero-order valence-corrected chi connectivity index (χ0v) is 12.0. The van der Waals surface area contributed by atoms with E-state index in [1.165, 1.54) is 5.56 Å². The summed E-state index contributed by atoms with van der Waals surface area (Å²) in [5, 5.41) is 17.2. The molecule has 0 amide bonds. The Morgan fingerprint density at radius 3 is 2.84 bits per heavy atom. The number of hydrogen-bond acceptors (Lipinski definition) is 4. The van der Waals surface area contributed by atoms with Crippen LogP contribution in [0.3, 0.4) is 0 Å². The Labute approximate surface area is 115 Å². The smallest absolute Gasteiger partial charge is 0.0564 e. The Balaban J connectivity index is 1.59. The van der Waals surface area contributed by atoms with Crippen LogP contribution in [-0.4, -0.2) is 52.1 Å². The molecule has 0 saturated carbocycles. The lowest BCUT2D eigenvalue weighted by Gasteiger charge is -2.29. The number of aliphatic hydroxyl groups is 1. The zero-order chi connectivity index (χ0) is 13.7. The first-order valence-electron chi connectivity index (χ1n) is 7.27. The quantitative estimate of drug-likeness (QED) is 0.752. The van der Waals surface area contributed by atoms with Crippen LogP contribution < -0.4 is 5.32 Å². The molecule has 108 valence electrons. The molecule has 1 fully saturated rings. The van der Waals surface area contributed by atoms with E-state index < -0.39 is 0 Å². The Morgan fingerprint density at radius 1 is 1.47 bits per heavy atom. The Morgan fingerprint density at radius 2 is 2.21 bits per heavy atom. The van der Waals surface area contributed by atoms with Gasteiger partial charge in [0, 0.05) is 37.9 Å². The lowest BCUT2D eigenvalue weighted by atomic mass is 10.1. The van der Waals surface area contributed by atoms with Crippen LogP contribution in [0.5, 0.6) is 0 Å². The Bertz CT molecular complexity index is 371. The van der Waals surface area contributed by atoms with E-state index in [0.717, 1.165) is 45.4 Å². The van der Waals surface area contributed by atoms with Crippen LogP contribution in [0.1, 0.15) is 37.8 Å². The maximum absolute atomic E-state index is 9.45. The molecule has 5 nitrogen and oxygen atoms in total. The van der Waals surface area contributed by atoms with Crippen molar-refractivity contribution in [1.29, 1.82) is 0 Å². The second kappa shape index (κ2) is 7.03. The monoisotopic (exact) mass is 266 g/mol. The summed E-state index contributed by atoms with van der Waals surface area (Å²) in [7, 11) is 1.95. The predicted octanol–water partition coefficient (Wildman–Crippen LogP) is 0.917. The van der Waals surface area contributed by atoms with Crippen molar-refractivity contribution in [2.24, 2.45) is 7.05 Å². The lowest BCUT2D eigenvalue weighted by Crippen LogP contribution is -2.37. The molecule has 0 aromatic carbocycles. The first kappa shape index (κ1) is 14.5. The van der Waals surface area contributed by atoms with Gasteiger partial charge in [-0.3, -0.25) is 4.68 Å². The molecular weight excluding hydrogens is 240 g/mol. The molecule has 5 heteroatoms. The van der Waals surface area contributed by atoms with Crippen LogP contribution in [0.4, 0.5) is 0 Å². The van der Waals surface area contributed by atoms with Crippen LogP contribution in [0.15, 0.2) is 12.4 Å². The molecule has 1 aromatic rings. The third-order valence-electron chi connectivity index (χ3n) is 3.88. The van der Waals surface area contributed by atoms with Crippen molar-refractivity contribution >= 4 is 0 Å². The van der Waals surface area contributed by atoms with Crippen molar-refractivity contribution in [3.05, 3.63) is 18.0 Å². The molecule has 1 aliphatic heterocycles. The summed E-state index contributed by atoms with van der Waals surface area (Å²) in [5.74, 6) is 0. The molecule has 1 aromatic heterocycles. The largest absolute Gasteiger partial charge is 0.393 e. The minimum Gasteiger partial charge on any atom is -0.393 e. The highest BCUT2D eigenvalue weighted by Gasteiger charge is 2.16. The Kier molecular flexibility index (Phi) is 5.36. The molecule has 0 spiro atoms. The molecule has 0 radical (unpaired) electrons. The molecule has 2 heterocycles. The fraction of sp³-hybridized carbons (Fsp3) is 0.786. The number of nitrogens with one attached hydrogen (secondary N) is 1. The maximum atomic E-state index is 9.45. The van der Waals surface area contributed by atoms with E-state index in [4.69, 9.17) is 0 Å². The number of aromatic nitrogens is 2. The molecule has 0 aliphatic carbocycles. The zero-order valence-electron chi connectivity index (χ0n) is 12.0. The minimum absolute atomic E-state index is 0.0695. The van der Waals surface area contributed by atoms with Gasteiger partial charge in [0.05, 0.1) is 12.3 Å². The molecule has 1 aliphatic rings. The van der Waals surface area contributed by atoms with Crippen LogP contribution in [0, 0.1) is 0 Å². The second-order valence-corrected chi connectivity index (χ2v) is 5.55. The van der Waals surface area contributed by atoms with Crippen molar-refractivity contribution in [2.75, 3.05) is 26.2 Å². The van der Waals surface area contributed by atoms with Crippen LogP contribution in [-0.2, 0) is 7.05 Å². The highest BCUT2D eigenvalue weighted by molar-refractivity contribution is 5.08. The Hall–Kier alpha value is -0.910. The molecule has 1 unspecified atom stereocenters. The molecule has 2 N–H and O–H groups in total. The van der Waals surface area contributed by atoms with Gasteiger partial charge in [-0.05, 0) is 39.3 Å². The van der Waals surface area contributed by atoms with Crippen LogP contribution >= 0.6 is 0 Å². The van der Waals surface area contributed by atoms with Gasteiger partial charge in [-0.25, -0.2) is 0 Å². The van der Waals surface area contributed by atoms with Gasteiger partial charge in [0.15, 0.2) is 0 Å². The van der Waals surface area contributed by atoms with E-state index in [-0.39, 0.29) is 6.10 Å².